The highest BCUT2D eigenvalue weighted by molar-refractivity contribution is 5.73. The number of nitrogens with one attached hydrogen (secondary N) is 1. The molecule has 0 saturated heterocycles. The molecule has 1 rings (SSSR count). The summed E-state index contributed by atoms with van der Waals surface area (Å²) in [7, 11) is 0. The molecule has 0 aliphatic heterocycles. The van der Waals surface area contributed by atoms with Crippen LogP contribution in [-0.4, -0.2) is 29.0 Å². The lowest BCUT2D eigenvalue weighted by Crippen LogP contribution is -2.39. The van der Waals surface area contributed by atoms with Gasteiger partial charge < -0.3 is 14.6 Å². The van der Waals surface area contributed by atoms with Crippen molar-refractivity contribution in [1.82, 2.24) is 15.2 Å². The molecule has 0 saturated carbocycles. The number of carbonyl (C=O) groups excluding carboxylic acids is 1. The van der Waals surface area contributed by atoms with Crippen molar-refractivity contribution in [2.75, 3.05) is 13.1 Å². The van der Waals surface area contributed by atoms with E-state index in [-0.39, 0.29) is 6.03 Å². The Kier molecular flexibility index (Phi) is 4.15. The van der Waals surface area contributed by atoms with Gasteiger partial charge in [-0.2, -0.15) is 0 Å². The van der Waals surface area contributed by atoms with Gasteiger partial charge in [0.15, 0.2) is 0 Å². The third-order valence-electron chi connectivity index (χ3n) is 2.11. The topological polar surface area (TPSA) is 58.4 Å². The minimum absolute atomic E-state index is 0.0872. The maximum Gasteiger partial charge on any atom is 0.317 e. The van der Waals surface area contributed by atoms with Crippen LogP contribution in [0.2, 0.25) is 0 Å². The molecule has 1 N–H and O–H groups in total. The fourth-order valence-electron chi connectivity index (χ4n) is 1.26. The first-order valence-corrected chi connectivity index (χ1v) is 5.11. The number of aryl methyl sites for hydroxylation is 1. The highest BCUT2D eigenvalue weighted by Crippen LogP contribution is 2.00. The van der Waals surface area contributed by atoms with Gasteiger partial charge >= 0.3 is 6.03 Å². The Bertz CT molecular complexity index is 318. The molecule has 0 aliphatic carbocycles. The molecule has 0 aliphatic rings. The van der Waals surface area contributed by atoms with Gasteiger partial charge in [0.1, 0.15) is 5.76 Å². The predicted molar refractivity (Wildman–Crippen MR) is 56.4 cm³/mol. The Hall–Kier alpha value is -1.52. The summed E-state index contributed by atoms with van der Waals surface area (Å²) in [6.45, 7) is 7.45. The van der Waals surface area contributed by atoms with Gasteiger partial charge in [-0.15, -0.1) is 0 Å². The summed E-state index contributed by atoms with van der Waals surface area (Å²) < 4.78 is 5.24. The summed E-state index contributed by atoms with van der Waals surface area (Å²) in [5.41, 5.74) is 0. The van der Waals surface area contributed by atoms with Crippen molar-refractivity contribution in [3.8, 4) is 0 Å². The van der Waals surface area contributed by atoms with E-state index in [4.69, 9.17) is 4.42 Å². The zero-order valence-corrected chi connectivity index (χ0v) is 9.41. The minimum Gasteiger partial charge on any atom is -0.444 e. The summed E-state index contributed by atoms with van der Waals surface area (Å²) in [4.78, 5) is 17.2. The lowest BCUT2D eigenvalue weighted by atomic mass is 10.5. The number of urea groups is 1. The maximum absolute atomic E-state index is 11.5. The Balaban J connectivity index is 2.40. The monoisotopic (exact) mass is 211 g/mol. The average Bonchev–Trinajstić information content (AvgIpc) is 2.63. The molecular weight excluding hydrogens is 194 g/mol. The molecule has 0 atom stereocenters. The molecule has 0 radical (unpaired) electrons. The zero-order valence-electron chi connectivity index (χ0n) is 9.41. The van der Waals surface area contributed by atoms with Gasteiger partial charge in [0.05, 0.1) is 12.7 Å². The van der Waals surface area contributed by atoms with Crippen LogP contribution in [0, 0.1) is 6.92 Å². The summed E-state index contributed by atoms with van der Waals surface area (Å²) >= 11 is 0. The van der Waals surface area contributed by atoms with Crippen molar-refractivity contribution < 1.29 is 9.21 Å². The fraction of sp³-hybridized carbons (Fsp3) is 0.600. The molecule has 2 amide bonds. The highest BCUT2D eigenvalue weighted by atomic mass is 16.4. The number of nitrogens with zero attached hydrogens (tertiary/aromatic N) is 2. The first-order chi connectivity index (χ1) is 7.17. The quantitative estimate of drug-likeness (QED) is 0.821. The summed E-state index contributed by atoms with van der Waals surface area (Å²) in [6, 6.07) is -0.0872. The molecule has 0 unspecified atom stereocenters. The van der Waals surface area contributed by atoms with Crippen molar-refractivity contribution >= 4 is 6.03 Å². The number of hydrogen-bond acceptors (Lipinski definition) is 3. The molecule has 0 spiro atoms. The van der Waals surface area contributed by atoms with Gasteiger partial charge in [0.25, 0.3) is 0 Å². The average molecular weight is 211 g/mol. The molecule has 84 valence electrons. The van der Waals surface area contributed by atoms with Crippen LogP contribution < -0.4 is 5.32 Å². The van der Waals surface area contributed by atoms with E-state index in [0.717, 1.165) is 5.76 Å². The SMILES string of the molecule is CCN(CC)C(=O)NCc1ncc(C)o1. The number of aromatic nitrogens is 1. The van der Waals surface area contributed by atoms with Crippen LogP contribution >= 0.6 is 0 Å². The van der Waals surface area contributed by atoms with Gasteiger partial charge in [0, 0.05) is 13.1 Å². The number of rotatable bonds is 4. The first-order valence-electron chi connectivity index (χ1n) is 5.11. The van der Waals surface area contributed by atoms with Crippen molar-refractivity contribution in [3.05, 3.63) is 17.8 Å². The van der Waals surface area contributed by atoms with Gasteiger partial charge in [-0.3, -0.25) is 0 Å². The van der Waals surface area contributed by atoms with Crippen LogP contribution in [0.15, 0.2) is 10.6 Å². The molecule has 15 heavy (non-hydrogen) atoms. The van der Waals surface area contributed by atoms with Crippen LogP contribution in [-0.2, 0) is 6.54 Å². The minimum atomic E-state index is -0.0872. The lowest BCUT2D eigenvalue weighted by molar-refractivity contribution is 0.201. The number of hydrogen-bond donors (Lipinski definition) is 1. The molecule has 1 aromatic rings. The number of oxazole rings is 1. The number of amides is 2. The van der Waals surface area contributed by atoms with E-state index in [0.29, 0.717) is 25.5 Å². The molecule has 1 heterocycles. The van der Waals surface area contributed by atoms with Crippen LogP contribution in [0.25, 0.3) is 0 Å². The zero-order chi connectivity index (χ0) is 11.3. The molecule has 0 fully saturated rings. The van der Waals surface area contributed by atoms with Crippen molar-refractivity contribution in [3.63, 3.8) is 0 Å². The summed E-state index contributed by atoms with van der Waals surface area (Å²) in [5, 5.41) is 2.74. The normalized spacial score (nSPS) is 10.1. The Morgan fingerprint density at radius 3 is 2.67 bits per heavy atom. The van der Waals surface area contributed by atoms with Gasteiger partial charge in [-0.25, -0.2) is 9.78 Å². The first kappa shape index (κ1) is 11.6. The smallest absolute Gasteiger partial charge is 0.317 e. The summed E-state index contributed by atoms with van der Waals surface area (Å²) in [5.74, 6) is 1.29. The van der Waals surface area contributed by atoms with E-state index in [1.165, 1.54) is 0 Å². The van der Waals surface area contributed by atoms with Crippen molar-refractivity contribution in [2.45, 2.75) is 27.3 Å². The Morgan fingerprint density at radius 2 is 2.20 bits per heavy atom. The van der Waals surface area contributed by atoms with Gasteiger partial charge in [-0.05, 0) is 20.8 Å². The standard InChI is InChI=1S/C10H17N3O2/c1-4-13(5-2)10(14)12-7-9-11-6-8(3)15-9/h6H,4-5,7H2,1-3H3,(H,12,14). The Morgan fingerprint density at radius 1 is 1.53 bits per heavy atom. The second-order valence-electron chi connectivity index (χ2n) is 3.20. The van der Waals surface area contributed by atoms with E-state index in [1.54, 1.807) is 11.1 Å². The second-order valence-corrected chi connectivity index (χ2v) is 3.20. The Labute approximate surface area is 89.5 Å². The lowest BCUT2D eigenvalue weighted by Gasteiger charge is -2.18. The van der Waals surface area contributed by atoms with E-state index in [2.05, 4.69) is 10.3 Å². The fourth-order valence-corrected chi connectivity index (χ4v) is 1.26. The molecule has 0 aromatic carbocycles. The molecule has 1 aromatic heterocycles. The van der Waals surface area contributed by atoms with E-state index < -0.39 is 0 Å². The third-order valence-corrected chi connectivity index (χ3v) is 2.11. The molecule has 0 bridgehead atoms. The van der Waals surface area contributed by atoms with Crippen LogP contribution in [0.3, 0.4) is 0 Å². The van der Waals surface area contributed by atoms with E-state index in [9.17, 15) is 4.79 Å². The predicted octanol–water partition coefficient (Wildman–Crippen LogP) is 1.53. The van der Waals surface area contributed by atoms with Crippen LogP contribution in [0.1, 0.15) is 25.5 Å². The van der Waals surface area contributed by atoms with Crippen molar-refractivity contribution in [1.29, 1.82) is 0 Å². The van der Waals surface area contributed by atoms with Crippen LogP contribution in [0.5, 0.6) is 0 Å². The molecular formula is C10H17N3O2. The number of carbonyl (C=O) groups is 1. The van der Waals surface area contributed by atoms with Crippen molar-refractivity contribution in [2.24, 2.45) is 0 Å². The molecule has 5 heteroatoms. The van der Waals surface area contributed by atoms with Crippen LogP contribution in [0.4, 0.5) is 4.79 Å². The van der Waals surface area contributed by atoms with E-state index in [1.807, 2.05) is 20.8 Å². The third kappa shape index (κ3) is 3.27. The molecule has 5 nitrogen and oxygen atoms in total. The maximum atomic E-state index is 11.5. The summed E-state index contributed by atoms with van der Waals surface area (Å²) in [6.07, 6.45) is 1.64. The highest BCUT2D eigenvalue weighted by Gasteiger charge is 2.09. The van der Waals surface area contributed by atoms with E-state index >= 15 is 0 Å². The largest absolute Gasteiger partial charge is 0.444 e. The van der Waals surface area contributed by atoms with Gasteiger partial charge in [0.2, 0.25) is 5.89 Å². The second kappa shape index (κ2) is 5.38. The van der Waals surface area contributed by atoms with Gasteiger partial charge in [-0.1, -0.05) is 0 Å².